The Morgan fingerprint density at radius 1 is 1.43 bits per heavy atom. The van der Waals surface area contributed by atoms with Crippen molar-refractivity contribution in [2.75, 3.05) is 13.1 Å². The van der Waals surface area contributed by atoms with Gasteiger partial charge < -0.3 is 10.2 Å². The number of aromatic nitrogens is 2. The molecule has 0 spiro atoms. The van der Waals surface area contributed by atoms with Gasteiger partial charge in [-0.1, -0.05) is 12.2 Å². The summed E-state index contributed by atoms with van der Waals surface area (Å²) in [5, 5.41) is 6.71. The normalized spacial score (nSPS) is 11.6. The number of nitrogens with one attached hydrogen (secondary N) is 1. The molecule has 0 bridgehead atoms. The van der Waals surface area contributed by atoms with E-state index in [2.05, 4.69) is 23.6 Å². The van der Waals surface area contributed by atoms with Gasteiger partial charge in [-0.3, -0.25) is 14.3 Å². The second-order valence-electron chi connectivity index (χ2n) is 4.78. The zero-order chi connectivity index (χ0) is 16.0. The number of rotatable bonds is 7. The highest BCUT2D eigenvalue weighted by Crippen LogP contribution is 2.06. The molecule has 1 aromatic rings. The van der Waals surface area contributed by atoms with Crippen LogP contribution in [0.1, 0.15) is 23.0 Å². The predicted molar refractivity (Wildman–Crippen MR) is 81.8 cm³/mol. The van der Waals surface area contributed by atoms with Gasteiger partial charge >= 0.3 is 0 Å². The Labute approximate surface area is 125 Å². The zero-order valence-corrected chi connectivity index (χ0v) is 12.8. The van der Waals surface area contributed by atoms with Crippen molar-refractivity contribution in [1.29, 1.82) is 0 Å². The van der Waals surface area contributed by atoms with Crippen LogP contribution in [-0.4, -0.2) is 45.6 Å². The first-order valence-corrected chi connectivity index (χ1v) is 6.72. The number of amides is 2. The van der Waals surface area contributed by atoms with Gasteiger partial charge in [0.2, 0.25) is 5.91 Å². The third-order valence-corrected chi connectivity index (χ3v) is 3.21. The molecule has 1 unspecified atom stereocenters. The minimum absolute atomic E-state index is 0.176. The van der Waals surface area contributed by atoms with E-state index < -0.39 is 6.04 Å². The van der Waals surface area contributed by atoms with Crippen molar-refractivity contribution in [3.05, 3.63) is 42.8 Å². The molecule has 2 amide bonds. The Kier molecular flexibility index (Phi) is 5.90. The van der Waals surface area contributed by atoms with Gasteiger partial charge in [-0.15, -0.1) is 13.2 Å². The van der Waals surface area contributed by atoms with E-state index in [9.17, 15) is 9.59 Å². The molecule has 0 aromatic carbocycles. The number of hydrogen-bond donors (Lipinski definition) is 1. The number of nitrogens with zero attached hydrogens (tertiary/aromatic N) is 3. The average molecular weight is 290 g/mol. The molecule has 1 rings (SSSR count). The molecule has 6 heteroatoms. The Hall–Kier alpha value is -2.37. The van der Waals surface area contributed by atoms with Crippen molar-refractivity contribution >= 4 is 11.8 Å². The van der Waals surface area contributed by atoms with Gasteiger partial charge in [-0.2, -0.15) is 5.10 Å². The van der Waals surface area contributed by atoms with E-state index in [-0.39, 0.29) is 11.8 Å². The van der Waals surface area contributed by atoms with Crippen LogP contribution in [0.5, 0.6) is 0 Å². The molecule has 0 aliphatic heterocycles. The van der Waals surface area contributed by atoms with Crippen LogP contribution in [0.25, 0.3) is 0 Å². The quantitative estimate of drug-likeness (QED) is 0.763. The average Bonchev–Trinajstić information content (AvgIpc) is 2.78. The predicted octanol–water partition coefficient (Wildman–Crippen LogP) is 1.05. The lowest BCUT2D eigenvalue weighted by Gasteiger charge is -2.23. The van der Waals surface area contributed by atoms with Gasteiger partial charge in [0.1, 0.15) is 6.04 Å². The first kappa shape index (κ1) is 16.7. The summed E-state index contributed by atoms with van der Waals surface area (Å²) in [4.78, 5) is 26.0. The van der Waals surface area contributed by atoms with Gasteiger partial charge in [-0.25, -0.2) is 0 Å². The molecule has 1 heterocycles. The van der Waals surface area contributed by atoms with E-state index >= 15 is 0 Å². The van der Waals surface area contributed by atoms with Crippen LogP contribution >= 0.6 is 0 Å². The number of aryl methyl sites for hydroxylation is 1. The number of carbonyl (C=O) groups is 2. The van der Waals surface area contributed by atoms with Crippen LogP contribution in [0.3, 0.4) is 0 Å². The summed E-state index contributed by atoms with van der Waals surface area (Å²) >= 11 is 0. The lowest BCUT2D eigenvalue weighted by Crippen LogP contribution is -2.47. The summed E-state index contributed by atoms with van der Waals surface area (Å²) in [6.07, 6.45) is 4.77. The van der Waals surface area contributed by atoms with E-state index in [1.54, 1.807) is 42.6 Å². The maximum Gasteiger partial charge on any atom is 0.255 e. The molecule has 1 aromatic heterocycles. The minimum atomic E-state index is -0.628. The smallest absolute Gasteiger partial charge is 0.255 e. The van der Waals surface area contributed by atoms with E-state index in [0.29, 0.717) is 18.7 Å². The molecule has 0 aliphatic carbocycles. The van der Waals surface area contributed by atoms with E-state index in [1.165, 1.54) is 6.20 Å². The molecule has 1 atom stereocenters. The van der Waals surface area contributed by atoms with Crippen molar-refractivity contribution in [1.82, 2.24) is 20.0 Å². The maximum absolute atomic E-state index is 12.3. The Bertz CT molecular complexity index is 538. The summed E-state index contributed by atoms with van der Waals surface area (Å²) in [6.45, 7) is 11.5. The molecule has 0 aliphatic rings. The third kappa shape index (κ3) is 4.05. The minimum Gasteiger partial charge on any atom is -0.340 e. The van der Waals surface area contributed by atoms with Crippen molar-refractivity contribution in [2.24, 2.45) is 7.05 Å². The fraction of sp³-hybridized carbons (Fsp3) is 0.400. The first-order chi connectivity index (χ1) is 9.92. The molecule has 1 N–H and O–H groups in total. The molecule has 0 fully saturated rings. The SMILES string of the molecule is C=CCN(CC=C)C(=O)C(C)NC(=O)c1cnn(C)c1C. The third-order valence-electron chi connectivity index (χ3n) is 3.21. The van der Waals surface area contributed by atoms with Crippen molar-refractivity contribution < 1.29 is 9.59 Å². The fourth-order valence-corrected chi connectivity index (χ4v) is 1.90. The Balaban J connectivity index is 2.74. The Morgan fingerprint density at radius 3 is 2.43 bits per heavy atom. The van der Waals surface area contributed by atoms with Crippen LogP contribution in [0, 0.1) is 6.92 Å². The molecule has 0 radical (unpaired) electrons. The highest BCUT2D eigenvalue weighted by Gasteiger charge is 2.22. The summed E-state index contributed by atoms with van der Waals surface area (Å²) in [5.74, 6) is -0.483. The van der Waals surface area contributed by atoms with Gasteiger partial charge in [0.15, 0.2) is 0 Å². The van der Waals surface area contributed by atoms with Gasteiger partial charge in [0.25, 0.3) is 5.91 Å². The highest BCUT2D eigenvalue weighted by atomic mass is 16.2. The largest absolute Gasteiger partial charge is 0.340 e. The van der Waals surface area contributed by atoms with E-state index in [1.807, 2.05) is 0 Å². The lowest BCUT2D eigenvalue weighted by molar-refractivity contribution is -0.131. The van der Waals surface area contributed by atoms with Crippen LogP contribution in [-0.2, 0) is 11.8 Å². The van der Waals surface area contributed by atoms with Crippen LogP contribution in [0.4, 0.5) is 0 Å². The van der Waals surface area contributed by atoms with E-state index in [4.69, 9.17) is 0 Å². The van der Waals surface area contributed by atoms with E-state index in [0.717, 1.165) is 5.69 Å². The Morgan fingerprint density at radius 2 is 2.00 bits per heavy atom. The monoisotopic (exact) mass is 290 g/mol. The molecule has 114 valence electrons. The number of carbonyl (C=O) groups excluding carboxylic acids is 2. The van der Waals surface area contributed by atoms with Crippen molar-refractivity contribution in [2.45, 2.75) is 19.9 Å². The zero-order valence-electron chi connectivity index (χ0n) is 12.8. The van der Waals surface area contributed by atoms with Crippen LogP contribution in [0.2, 0.25) is 0 Å². The van der Waals surface area contributed by atoms with Crippen molar-refractivity contribution in [3.63, 3.8) is 0 Å². The standard InChI is InChI=1S/C15H22N4O2/c1-6-8-19(9-7-2)15(21)11(3)17-14(20)13-10-16-18(5)12(13)4/h6-7,10-11H,1-2,8-9H2,3-5H3,(H,17,20). The number of hydrogen-bond acceptors (Lipinski definition) is 3. The second-order valence-corrected chi connectivity index (χ2v) is 4.78. The molecular weight excluding hydrogens is 268 g/mol. The summed E-state index contributed by atoms with van der Waals surface area (Å²) < 4.78 is 1.61. The molecule has 0 saturated heterocycles. The summed E-state index contributed by atoms with van der Waals surface area (Å²) in [5.41, 5.74) is 1.22. The maximum atomic E-state index is 12.3. The molecule has 6 nitrogen and oxygen atoms in total. The second kappa shape index (κ2) is 7.42. The lowest BCUT2D eigenvalue weighted by atomic mass is 10.2. The molecule has 0 saturated carbocycles. The molecular formula is C15H22N4O2. The molecule has 21 heavy (non-hydrogen) atoms. The first-order valence-electron chi connectivity index (χ1n) is 6.72. The highest BCUT2D eigenvalue weighted by molar-refractivity contribution is 5.98. The van der Waals surface area contributed by atoms with Gasteiger partial charge in [0, 0.05) is 25.8 Å². The summed E-state index contributed by atoms with van der Waals surface area (Å²) in [6, 6.07) is -0.628. The van der Waals surface area contributed by atoms with Crippen molar-refractivity contribution in [3.8, 4) is 0 Å². The summed E-state index contributed by atoms with van der Waals surface area (Å²) in [7, 11) is 1.76. The van der Waals surface area contributed by atoms with Crippen LogP contribution < -0.4 is 5.32 Å². The van der Waals surface area contributed by atoms with Crippen LogP contribution in [0.15, 0.2) is 31.5 Å². The topological polar surface area (TPSA) is 67.2 Å². The van der Waals surface area contributed by atoms with Gasteiger partial charge in [-0.05, 0) is 13.8 Å². The fourth-order valence-electron chi connectivity index (χ4n) is 1.90. The van der Waals surface area contributed by atoms with Gasteiger partial charge in [0.05, 0.1) is 11.8 Å².